The number of nitrogens with two attached hydrogens (primary N) is 1. The summed E-state index contributed by atoms with van der Waals surface area (Å²) in [5, 5.41) is 0. The number of hydrogen-bond acceptors (Lipinski definition) is 3. The fourth-order valence-electron chi connectivity index (χ4n) is 0.893. The van der Waals surface area contributed by atoms with Gasteiger partial charge in [0.15, 0.2) is 0 Å². The molecule has 0 saturated heterocycles. The van der Waals surface area contributed by atoms with E-state index >= 15 is 0 Å². The molecule has 0 aliphatic carbocycles. The Hall–Kier alpha value is -0.570. The van der Waals surface area contributed by atoms with Gasteiger partial charge >= 0.3 is 5.97 Å². The highest BCUT2D eigenvalue weighted by Crippen LogP contribution is 2.01. The van der Waals surface area contributed by atoms with Gasteiger partial charge in [0.1, 0.15) is 6.04 Å². The molecule has 0 aromatic rings. The van der Waals surface area contributed by atoms with Crippen LogP contribution in [0.15, 0.2) is 0 Å². The molecule has 0 amide bonds. The van der Waals surface area contributed by atoms with Crippen molar-refractivity contribution in [3.05, 3.63) is 0 Å². The highest BCUT2D eigenvalue weighted by Gasteiger charge is 2.17. The van der Waals surface area contributed by atoms with E-state index in [0.717, 1.165) is 19.3 Å². The molecule has 3 nitrogen and oxygen atoms in total. The van der Waals surface area contributed by atoms with Crippen LogP contribution in [0.2, 0.25) is 0 Å². The lowest BCUT2D eigenvalue weighted by molar-refractivity contribution is -0.146. The zero-order valence-electron chi connectivity index (χ0n) is 8.88. The maximum Gasteiger partial charge on any atom is 0.323 e. The summed E-state index contributed by atoms with van der Waals surface area (Å²) in [5.41, 5.74) is 5.60. The molecule has 0 aliphatic rings. The van der Waals surface area contributed by atoms with E-state index in [-0.39, 0.29) is 11.9 Å². The average Bonchev–Trinajstić information content (AvgIpc) is 2.10. The van der Waals surface area contributed by atoms with Crippen LogP contribution in [0.4, 0.5) is 0 Å². The molecule has 0 heterocycles. The number of ether oxygens (including phenoxy) is 1. The molecule has 0 fully saturated rings. The normalized spacial score (nSPS) is 13.0. The molecular weight excluding hydrogens is 166 g/mol. The molecule has 1 unspecified atom stereocenters. The summed E-state index contributed by atoms with van der Waals surface area (Å²) < 4.78 is 5.00. The second-order valence-corrected chi connectivity index (χ2v) is 3.64. The fraction of sp³-hybridized carbons (Fsp3) is 0.900. The van der Waals surface area contributed by atoms with E-state index in [9.17, 15) is 4.79 Å². The van der Waals surface area contributed by atoms with Crippen molar-refractivity contribution in [2.75, 3.05) is 6.61 Å². The summed E-state index contributed by atoms with van der Waals surface area (Å²) in [5.74, 6) is -0.121. The minimum atomic E-state index is -0.471. The molecule has 78 valence electrons. The highest BCUT2D eigenvalue weighted by atomic mass is 16.5. The Labute approximate surface area is 80.6 Å². The average molecular weight is 187 g/mol. The monoisotopic (exact) mass is 187 g/mol. The lowest BCUT2D eigenvalue weighted by Crippen LogP contribution is -2.37. The van der Waals surface area contributed by atoms with Gasteiger partial charge in [0.05, 0.1) is 6.61 Å². The standard InChI is InChI=1S/C10H21NO2/c1-4-5-6-7-13-10(12)9(11)8(2)3/h8-9H,4-7,11H2,1-3H3. The second-order valence-electron chi connectivity index (χ2n) is 3.64. The summed E-state index contributed by atoms with van der Waals surface area (Å²) in [6.45, 7) is 6.45. The maximum atomic E-state index is 11.2. The van der Waals surface area contributed by atoms with Gasteiger partial charge in [0.25, 0.3) is 0 Å². The Morgan fingerprint density at radius 2 is 2.00 bits per heavy atom. The van der Waals surface area contributed by atoms with E-state index in [2.05, 4.69) is 6.92 Å². The summed E-state index contributed by atoms with van der Waals surface area (Å²) in [6, 6.07) is -0.471. The van der Waals surface area contributed by atoms with E-state index in [1.54, 1.807) is 0 Å². The molecule has 1 atom stereocenters. The predicted octanol–water partition coefficient (Wildman–Crippen LogP) is 1.70. The number of carbonyl (C=O) groups is 1. The Balaban J connectivity index is 3.50. The molecule has 0 rings (SSSR count). The maximum absolute atomic E-state index is 11.2. The first kappa shape index (κ1) is 12.4. The first-order chi connectivity index (χ1) is 6.09. The molecule has 13 heavy (non-hydrogen) atoms. The van der Waals surface area contributed by atoms with Crippen molar-refractivity contribution in [3.8, 4) is 0 Å². The molecule has 0 aromatic carbocycles. The summed E-state index contributed by atoms with van der Waals surface area (Å²) in [6.07, 6.45) is 3.17. The zero-order chi connectivity index (χ0) is 10.3. The highest BCUT2D eigenvalue weighted by molar-refractivity contribution is 5.75. The Kier molecular flexibility index (Phi) is 6.59. The van der Waals surface area contributed by atoms with Crippen LogP contribution in [0.25, 0.3) is 0 Å². The van der Waals surface area contributed by atoms with Crippen molar-refractivity contribution in [2.45, 2.75) is 46.1 Å². The number of esters is 1. The number of hydrogen-bond donors (Lipinski definition) is 1. The van der Waals surface area contributed by atoms with Gasteiger partial charge in [-0.2, -0.15) is 0 Å². The van der Waals surface area contributed by atoms with Crippen LogP contribution in [-0.2, 0) is 9.53 Å². The van der Waals surface area contributed by atoms with Crippen molar-refractivity contribution in [1.82, 2.24) is 0 Å². The van der Waals surface area contributed by atoms with Crippen molar-refractivity contribution < 1.29 is 9.53 Å². The van der Waals surface area contributed by atoms with Gasteiger partial charge in [-0.3, -0.25) is 4.79 Å². The van der Waals surface area contributed by atoms with E-state index in [4.69, 9.17) is 10.5 Å². The summed E-state index contributed by atoms with van der Waals surface area (Å²) in [7, 11) is 0. The topological polar surface area (TPSA) is 52.3 Å². The SMILES string of the molecule is CCCCCOC(=O)C(N)C(C)C. The number of carbonyl (C=O) groups excluding carboxylic acids is 1. The Bertz CT molecular complexity index is 146. The zero-order valence-corrected chi connectivity index (χ0v) is 8.88. The molecule has 0 radical (unpaired) electrons. The molecule has 2 N–H and O–H groups in total. The van der Waals surface area contributed by atoms with Gasteiger partial charge in [-0.15, -0.1) is 0 Å². The second kappa shape index (κ2) is 6.89. The summed E-state index contributed by atoms with van der Waals surface area (Å²) >= 11 is 0. The first-order valence-electron chi connectivity index (χ1n) is 5.01. The quantitative estimate of drug-likeness (QED) is 0.508. The van der Waals surface area contributed by atoms with Gasteiger partial charge in [-0.25, -0.2) is 0 Å². The minimum absolute atomic E-state index is 0.152. The number of unbranched alkanes of at least 4 members (excludes halogenated alkanes) is 2. The molecule has 0 aliphatic heterocycles. The molecular formula is C10H21NO2. The summed E-state index contributed by atoms with van der Waals surface area (Å²) in [4.78, 5) is 11.2. The fourth-order valence-corrected chi connectivity index (χ4v) is 0.893. The van der Waals surface area contributed by atoms with Gasteiger partial charge < -0.3 is 10.5 Å². The molecule has 0 aromatic heterocycles. The Morgan fingerprint density at radius 1 is 1.38 bits per heavy atom. The Morgan fingerprint density at radius 3 is 2.46 bits per heavy atom. The largest absolute Gasteiger partial charge is 0.465 e. The van der Waals surface area contributed by atoms with Crippen LogP contribution in [0, 0.1) is 5.92 Å². The van der Waals surface area contributed by atoms with Crippen LogP contribution in [0.1, 0.15) is 40.0 Å². The van der Waals surface area contributed by atoms with E-state index < -0.39 is 6.04 Å². The smallest absolute Gasteiger partial charge is 0.323 e. The van der Waals surface area contributed by atoms with Crippen molar-refractivity contribution in [3.63, 3.8) is 0 Å². The lowest BCUT2D eigenvalue weighted by atomic mass is 10.1. The molecule has 0 bridgehead atoms. The van der Waals surface area contributed by atoms with Crippen LogP contribution in [0.3, 0.4) is 0 Å². The van der Waals surface area contributed by atoms with Crippen molar-refractivity contribution >= 4 is 5.97 Å². The third-order valence-corrected chi connectivity index (χ3v) is 1.98. The molecule has 0 spiro atoms. The third kappa shape index (κ3) is 5.64. The van der Waals surface area contributed by atoms with Crippen LogP contribution in [0.5, 0.6) is 0 Å². The van der Waals surface area contributed by atoms with Gasteiger partial charge in [-0.05, 0) is 12.3 Å². The van der Waals surface area contributed by atoms with E-state index in [1.165, 1.54) is 0 Å². The first-order valence-corrected chi connectivity index (χ1v) is 5.01. The number of rotatable bonds is 6. The lowest BCUT2D eigenvalue weighted by Gasteiger charge is -2.14. The van der Waals surface area contributed by atoms with Crippen molar-refractivity contribution in [2.24, 2.45) is 11.7 Å². The van der Waals surface area contributed by atoms with E-state index in [1.807, 2.05) is 13.8 Å². The van der Waals surface area contributed by atoms with E-state index in [0.29, 0.717) is 6.61 Å². The van der Waals surface area contributed by atoms with Crippen LogP contribution in [-0.4, -0.2) is 18.6 Å². The van der Waals surface area contributed by atoms with Gasteiger partial charge in [0.2, 0.25) is 0 Å². The van der Waals surface area contributed by atoms with Gasteiger partial charge in [0, 0.05) is 0 Å². The molecule has 0 saturated carbocycles. The molecule has 3 heteroatoms. The van der Waals surface area contributed by atoms with Gasteiger partial charge in [-0.1, -0.05) is 33.6 Å². The van der Waals surface area contributed by atoms with Crippen LogP contribution >= 0.6 is 0 Å². The van der Waals surface area contributed by atoms with Crippen molar-refractivity contribution in [1.29, 1.82) is 0 Å². The predicted molar refractivity (Wildman–Crippen MR) is 53.3 cm³/mol. The third-order valence-electron chi connectivity index (χ3n) is 1.98. The van der Waals surface area contributed by atoms with Crippen LogP contribution < -0.4 is 5.73 Å². The minimum Gasteiger partial charge on any atom is -0.465 e.